The van der Waals surface area contributed by atoms with Crippen LogP contribution in [0.1, 0.15) is 19.8 Å². The number of carbonyl (C=O) groups excluding carboxylic acids is 1. The molecule has 1 aliphatic carbocycles. The first-order valence-corrected chi connectivity index (χ1v) is 4.34. The highest BCUT2D eigenvalue weighted by atomic mass is 16.5. The van der Waals surface area contributed by atoms with E-state index in [0.29, 0.717) is 24.3 Å². The number of allylic oxidation sites excluding steroid dienone is 1. The van der Waals surface area contributed by atoms with Crippen LogP contribution in [0, 0.1) is 5.92 Å². The fourth-order valence-corrected chi connectivity index (χ4v) is 1.41. The molecule has 0 saturated carbocycles. The molecule has 3 heteroatoms. The van der Waals surface area contributed by atoms with E-state index in [1.165, 1.54) is 6.08 Å². The molecule has 0 aliphatic heterocycles. The van der Waals surface area contributed by atoms with Gasteiger partial charge in [-0.05, 0) is 12.3 Å². The zero-order valence-electron chi connectivity index (χ0n) is 7.75. The van der Waals surface area contributed by atoms with E-state index in [1.54, 1.807) is 0 Å². The third kappa shape index (κ3) is 2.34. The summed E-state index contributed by atoms with van der Waals surface area (Å²) in [6.07, 6.45) is 2.70. The summed E-state index contributed by atoms with van der Waals surface area (Å²) in [5.74, 6) is 0.106. The van der Waals surface area contributed by atoms with Crippen LogP contribution in [0.25, 0.3) is 0 Å². The van der Waals surface area contributed by atoms with Gasteiger partial charge in [0.1, 0.15) is 12.4 Å². The summed E-state index contributed by atoms with van der Waals surface area (Å²) in [7, 11) is 0. The fraction of sp³-hybridized carbons (Fsp3) is 0.500. The molecular weight excluding hydrogens is 168 g/mol. The second-order valence-electron chi connectivity index (χ2n) is 3.33. The number of aliphatic hydroxyl groups is 1. The number of rotatable bonds is 3. The Balaban J connectivity index is 2.56. The summed E-state index contributed by atoms with van der Waals surface area (Å²) in [4.78, 5) is 11.3. The summed E-state index contributed by atoms with van der Waals surface area (Å²) < 4.78 is 4.82. The van der Waals surface area contributed by atoms with Gasteiger partial charge in [-0.25, -0.2) is 4.79 Å². The van der Waals surface area contributed by atoms with E-state index >= 15 is 0 Å². The molecule has 0 amide bonds. The summed E-state index contributed by atoms with van der Waals surface area (Å²) in [5, 5.41) is 9.38. The first-order valence-electron chi connectivity index (χ1n) is 4.34. The van der Waals surface area contributed by atoms with E-state index in [9.17, 15) is 9.90 Å². The average Bonchev–Trinajstić information content (AvgIpc) is 2.41. The molecule has 0 aromatic heterocycles. The van der Waals surface area contributed by atoms with Crippen LogP contribution >= 0.6 is 0 Å². The molecule has 1 atom stereocenters. The Morgan fingerprint density at radius 2 is 2.46 bits per heavy atom. The molecule has 0 unspecified atom stereocenters. The SMILES string of the molecule is C=CCOC(=O)C1=C(O)C[C@H](C)C1. The molecule has 0 saturated heterocycles. The Kier molecular flexibility index (Phi) is 3.12. The molecule has 1 N–H and O–H groups in total. The van der Waals surface area contributed by atoms with Crippen molar-refractivity contribution in [3.63, 3.8) is 0 Å². The predicted octanol–water partition coefficient (Wildman–Crippen LogP) is 1.96. The molecule has 0 radical (unpaired) electrons. The topological polar surface area (TPSA) is 46.5 Å². The molecule has 72 valence electrons. The summed E-state index contributed by atoms with van der Waals surface area (Å²) in [6.45, 7) is 5.63. The number of carbonyl (C=O) groups is 1. The van der Waals surface area contributed by atoms with Crippen molar-refractivity contribution in [1.82, 2.24) is 0 Å². The zero-order chi connectivity index (χ0) is 9.84. The zero-order valence-corrected chi connectivity index (χ0v) is 7.75. The Morgan fingerprint density at radius 3 is 2.92 bits per heavy atom. The van der Waals surface area contributed by atoms with Crippen LogP contribution in [0.4, 0.5) is 0 Å². The molecule has 3 nitrogen and oxygen atoms in total. The van der Waals surface area contributed by atoms with Crippen LogP contribution in [-0.2, 0) is 9.53 Å². The van der Waals surface area contributed by atoms with E-state index in [1.807, 2.05) is 6.92 Å². The normalized spacial score (nSPS) is 21.8. The first kappa shape index (κ1) is 9.84. The number of ether oxygens (including phenoxy) is 1. The molecule has 0 aromatic carbocycles. The molecule has 0 aromatic rings. The standard InChI is InChI=1S/C10H14O3/c1-3-4-13-10(12)8-5-7(2)6-9(8)11/h3,7,11H,1,4-6H2,2H3/t7-/m1/s1. The lowest BCUT2D eigenvalue weighted by molar-refractivity contribution is -0.138. The second-order valence-corrected chi connectivity index (χ2v) is 3.33. The molecule has 0 bridgehead atoms. The quantitative estimate of drug-likeness (QED) is 0.536. The van der Waals surface area contributed by atoms with Gasteiger partial charge in [0.2, 0.25) is 0 Å². The van der Waals surface area contributed by atoms with Crippen molar-refractivity contribution >= 4 is 5.97 Å². The highest BCUT2D eigenvalue weighted by Crippen LogP contribution is 2.29. The third-order valence-electron chi connectivity index (χ3n) is 2.02. The predicted molar refractivity (Wildman–Crippen MR) is 49.2 cm³/mol. The molecule has 0 heterocycles. The Hall–Kier alpha value is -1.25. The van der Waals surface area contributed by atoms with Crippen LogP contribution in [0.3, 0.4) is 0 Å². The maximum atomic E-state index is 11.3. The van der Waals surface area contributed by atoms with Gasteiger partial charge in [-0.2, -0.15) is 0 Å². The van der Waals surface area contributed by atoms with Gasteiger partial charge in [-0.3, -0.25) is 0 Å². The van der Waals surface area contributed by atoms with E-state index in [0.717, 1.165) is 0 Å². The van der Waals surface area contributed by atoms with Crippen LogP contribution in [0.2, 0.25) is 0 Å². The van der Waals surface area contributed by atoms with Gasteiger partial charge in [0.15, 0.2) is 0 Å². The van der Waals surface area contributed by atoms with E-state index in [-0.39, 0.29) is 12.4 Å². The molecule has 0 fully saturated rings. The van der Waals surface area contributed by atoms with Crippen molar-refractivity contribution in [2.45, 2.75) is 19.8 Å². The first-order chi connectivity index (χ1) is 6.15. The van der Waals surface area contributed by atoms with E-state index in [4.69, 9.17) is 4.74 Å². The highest BCUT2D eigenvalue weighted by Gasteiger charge is 2.26. The maximum absolute atomic E-state index is 11.3. The summed E-state index contributed by atoms with van der Waals surface area (Å²) in [6, 6.07) is 0. The fourth-order valence-electron chi connectivity index (χ4n) is 1.41. The smallest absolute Gasteiger partial charge is 0.337 e. The van der Waals surface area contributed by atoms with Crippen LogP contribution in [-0.4, -0.2) is 17.7 Å². The van der Waals surface area contributed by atoms with Crippen LogP contribution < -0.4 is 0 Å². The molecular formula is C10H14O3. The van der Waals surface area contributed by atoms with Crippen molar-refractivity contribution < 1.29 is 14.6 Å². The molecule has 13 heavy (non-hydrogen) atoms. The second kappa shape index (κ2) is 4.12. The Morgan fingerprint density at radius 1 is 1.77 bits per heavy atom. The van der Waals surface area contributed by atoms with E-state index in [2.05, 4.69) is 6.58 Å². The van der Waals surface area contributed by atoms with Gasteiger partial charge in [0.05, 0.1) is 5.57 Å². The van der Waals surface area contributed by atoms with Crippen molar-refractivity contribution in [3.8, 4) is 0 Å². The maximum Gasteiger partial charge on any atom is 0.337 e. The number of hydrogen-bond donors (Lipinski definition) is 1. The van der Waals surface area contributed by atoms with Gasteiger partial charge >= 0.3 is 5.97 Å². The summed E-state index contributed by atoms with van der Waals surface area (Å²) in [5.41, 5.74) is 0.425. The molecule has 1 rings (SSSR count). The number of esters is 1. The van der Waals surface area contributed by atoms with Gasteiger partial charge < -0.3 is 9.84 Å². The van der Waals surface area contributed by atoms with Crippen molar-refractivity contribution in [1.29, 1.82) is 0 Å². The summed E-state index contributed by atoms with van der Waals surface area (Å²) >= 11 is 0. The van der Waals surface area contributed by atoms with Gasteiger partial charge in [-0.15, -0.1) is 0 Å². The minimum atomic E-state index is -0.415. The van der Waals surface area contributed by atoms with Crippen LogP contribution in [0.5, 0.6) is 0 Å². The third-order valence-corrected chi connectivity index (χ3v) is 2.02. The minimum absolute atomic E-state index is 0.182. The Bertz CT molecular complexity index is 253. The van der Waals surface area contributed by atoms with Gasteiger partial charge in [0, 0.05) is 6.42 Å². The van der Waals surface area contributed by atoms with Crippen molar-refractivity contribution in [2.24, 2.45) is 5.92 Å². The largest absolute Gasteiger partial charge is 0.512 e. The van der Waals surface area contributed by atoms with Gasteiger partial charge in [0.25, 0.3) is 0 Å². The monoisotopic (exact) mass is 182 g/mol. The van der Waals surface area contributed by atoms with E-state index < -0.39 is 5.97 Å². The van der Waals surface area contributed by atoms with Gasteiger partial charge in [-0.1, -0.05) is 19.6 Å². The van der Waals surface area contributed by atoms with Crippen molar-refractivity contribution in [3.05, 3.63) is 24.0 Å². The van der Waals surface area contributed by atoms with Crippen LogP contribution in [0.15, 0.2) is 24.0 Å². The lowest BCUT2D eigenvalue weighted by Gasteiger charge is -2.02. The molecule has 0 spiro atoms. The van der Waals surface area contributed by atoms with Crippen molar-refractivity contribution in [2.75, 3.05) is 6.61 Å². The lowest BCUT2D eigenvalue weighted by Crippen LogP contribution is -2.08. The molecule has 1 aliphatic rings. The lowest BCUT2D eigenvalue weighted by atomic mass is 10.1. The highest BCUT2D eigenvalue weighted by molar-refractivity contribution is 5.89. The minimum Gasteiger partial charge on any atom is -0.512 e. The average molecular weight is 182 g/mol. The Labute approximate surface area is 77.7 Å². The number of hydrogen-bond acceptors (Lipinski definition) is 3. The number of aliphatic hydroxyl groups excluding tert-OH is 1.